The Morgan fingerprint density at radius 1 is 1.36 bits per heavy atom. The number of nitro groups is 1. The van der Waals surface area contributed by atoms with Gasteiger partial charge in [-0.05, 0) is 30.4 Å². The molecular weight excluding hydrogens is 348 g/mol. The van der Waals surface area contributed by atoms with Crippen LogP contribution in [0.2, 0.25) is 5.02 Å². The molecule has 1 amide bonds. The molecule has 0 heterocycles. The molecule has 1 aromatic carbocycles. The number of carbonyl (C=O) groups excluding carboxylic acids is 2. The zero-order valence-electron chi connectivity index (χ0n) is 14.2. The maximum absolute atomic E-state index is 12.0. The molecule has 7 nitrogen and oxygen atoms in total. The van der Waals surface area contributed by atoms with Crippen molar-refractivity contribution in [3.63, 3.8) is 0 Å². The maximum atomic E-state index is 12.0. The van der Waals surface area contributed by atoms with Gasteiger partial charge in [-0.25, -0.2) is 4.79 Å². The summed E-state index contributed by atoms with van der Waals surface area (Å²) in [6, 6.07) is 3.68. The summed E-state index contributed by atoms with van der Waals surface area (Å²) >= 11 is 5.70. The zero-order valence-corrected chi connectivity index (χ0v) is 14.9. The van der Waals surface area contributed by atoms with Gasteiger partial charge in [-0.1, -0.05) is 38.3 Å². The average molecular weight is 369 g/mol. The van der Waals surface area contributed by atoms with Crippen LogP contribution in [-0.2, 0) is 9.53 Å². The summed E-state index contributed by atoms with van der Waals surface area (Å²) in [5.74, 6) is -0.272. The van der Waals surface area contributed by atoms with Crippen LogP contribution in [0.25, 0.3) is 0 Å². The van der Waals surface area contributed by atoms with E-state index in [1.54, 1.807) is 0 Å². The molecule has 1 N–H and O–H groups in total. The minimum absolute atomic E-state index is 0.0245. The molecule has 1 aliphatic carbocycles. The fourth-order valence-corrected chi connectivity index (χ4v) is 3.21. The van der Waals surface area contributed by atoms with Crippen LogP contribution >= 0.6 is 11.6 Å². The van der Waals surface area contributed by atoms with Crippen LogP contribution in [-0.4, -0.2) is 29.4 Å². The standard InChI is InChI=1S/C17H21ClN2O5/c1-10-4-3-5-14(11(10)2)19-16(21)9-25-17(22)12-6-7-13(18)15(8-12)20(23)24/h6-8,10-11,14H,3-5,9H2,1-2H3,(H,19,21)/t10-,11-,14-/m1/s1. The van der Waals surface area contributed by atoms with Crippen molar-refractivity contribution in [1.29, 1.82) is 0 Å². The van der Waals surface area contributed by atoms with Crippen molar-refractivity contribution in [1.82, 2.24) is 5.32 Å². The SMILES string of the molecule is C[C@@H]1[C@H](C)CCC[C@H]1NC(=O)COC(=O)c1ccc(Cl)c([N+](=O)[O-])c1. The number of ether oxygens (including phenoxy) is 1. The monoisotopic (exact) mass is 368 g/mol. The molecule has 1 fully saturated rings. The van der Waals surface area contributed by atoms with E-state index in [0.717, 1.165) is 25.3 Å². The fraction of sp³-hybridized carbons (Fsp3) is 0.529. The van der Waals surface area contributed by atoms with E-state index in [0.29, 0.717) is 11.8 Å². The van der Waals surface area contributed by atoms with Gasteiger partial charge in [-0.15, -0.1) is 0 Å². The second-order valence-corrected chi connectivity index (χ2v) is 6.85. The summed E-state index contributed by atoms with van der Waals surface area (Å²) in [4.78, 5) is 34.1. The lowest BCUT2D eigenvalue weighted by molar-refractivity contribution is -0.384. The van der Waals surface area contributed by atoms with E-state index in [2.05, 4.69) is 19.2 Å². The Balaban J connectivity index is 1.90. The Kier molecular flexibility index (Phi) is 6.36. The second-order valence-electron chi connectivity index (χ2n) is 6.44. The maximum Gasteiger partial charge on any atom is 0.338 e. The smallest absolute Gasteiger partial charge is 0.338 e. The number of esters is 1. The number of rotatable bonds is 5. The predicted octanol–water partition coefficient (Wildman–Crippen LogP) is 3.35. The number of nitro benzene ring substituents is 1. The first kappa shape index (κ1) is 19.2. The van der Waals surface area contributed by atoms with Crippen LogP contribution in [0.4, 0.5) is 5.69 Å². The van der Waals surface area contributed by atoms with Crippen LogP contribution < -0.4 is 5.32 Å². The van der Waals surface area contributed by atoms with Gasteiger partial charge in [0, 0.05) is 12.1 Å². The lowest BCUT2D eigenvalue weighted by atomic mass is 9.78. The van der Waals surface area contributed by atoms with Crippen LogP contribution in [0, 0.1) is 22.0 Å². The summed E-state index contributed by atoms with van der Waals surface area (Å²) in [6.45, 7) is 3.84. The van der Waals surface area contributed by atoms with Crippen molar-refractivity contribution >= 4 is 29.2 Å². The Morgan fingerprint density at radius 3 is 2.76 bits per heavy atom. The fourth-order valence-electron chi connectivity index (χ4n) is 3.03. The van der Waals surface area contributed by atoms with Gasteiger partial charge in [-0.3, -0.25) is 14.9 Å². The highest BCUT2D eigenvalue weighted by Gasteiger charge is 2.28. The molecule has 1 aromatic rings. The van der Waals surface area contributed by atoms with Crippen LogP contribution in [0.1, 0.15) is 43.5 Å². The molecule has 0 saturated heterocycles. The number of benzene rings is 1. The first-order valence-electron chi connectivity index (χ1n) is 8.20. The van der Waals surface area contributed by atoms with E-state index in [1.807, 2.05) is 0 Å². The molecule has 25 heavy (non-hydrogen) atoms. The van der Waals surface area contributed by atoms with Gasteiger partial charge in [0.25, 0.3) is 11.6 Å². The number of nitrogens with one attached hydrogen (secondary N) is 1. The number of carbonyl (C=O) groups is 2. The van der Waals surface area contributed by atoms with Gasteiger partial charge in [-0.2, -0.15) is 0 Å². The molecular formula is C17H21ClN2O5. The number of amides is 1. The van der Waals surface area contributed by atoms with Crippen molar-refractivity contribution in [2.75, 3.05) is 6.61 Å². The lowest BCUT2D eigenvalue weighted by Gasteiger charge is -2.34. The molecule has 0 radical (unpaired) electrons. The molecule has 136 valence electrons. The van der Waals surface area contributed by atoms with Gasteiger partial charge in [0.1, 0.15) is 5.02 Å². The van der Waals surface area contributed by atoms with Crippen molar-refractivity contribution in [2.24, 2.45) is 11.8 Å². The lowest BCUT2D eigenvalue weighted by Crippen LogP contribution is -2.45. The van der Waals surface area contributed by atoms with Crippen LogP contribution in [0.3, 0.4) is 0 Å². The molecule has 0 aliphatic heterocycles. The van der Waals surface area contributed by atoms with Crippen molar-refractivity contribution < 1.29 is 19.2 Å². The van der Waals surface area contributed by atoms with Crippen molar-refractivity contribution in [3.05, 3.63) is 38.9 Å². The highest BCUT2D eigenvalue weighted by Crippen LogP contribution is 2.29. The second kappa shape index (κ2) is 8.29. The number of halogens is 1. The van der Waals surface area contributed by atoms with Crippen molar-refractivity contribution in [3.8, 4) is 0 Å². The molecule has 0 aromatic heterocycles. The molecule has 8 heteroatoms. The highest BCUT2D eigenvalue weighted by atomic mass is 35.5. The van der Waals surface area contributed by atoms with E-state index in [1.165, 1.54) is 12.1 Å². The number of nitrogens with zero attached hydrogens (tertiary/aromatic N) is 1. The largest absolute Gasteiger partial charge is 0.452 e. The molecule has 0 spiro atoms. The minimum atomic E-state index is -0.806. The van der Waals surface area contributed by atoms with E-state index in [-0.39, 0.29) is 28.2 Å². The van der Waals surface area contributed by atoms with Crippen molar-refractivity contribution in [2.45, 2.75) is 39.2 Å². The van der Waals surface area contributed by atoms with Gasteiger partial charge >= 0.3 is 5.97 Å². The van der Waals surface area contributed by atoms with Gasteiger partial charge < -0.3 is 10.1 Å². The predicted molar refractivity (Wildman–Crippen MR) is 92.5 cm³/mol. The van der Waals surface area contributed by atoms with Crippen LogP contribution in [0.5, 0.6) is 0 Å². The highest BCUT2D eigenvalue weighted by molar-refractivity contribution is 6.32. The summed E-state index contributed by atoms with van der Waals surface area (Å²) in [6.07, 6.45) is 3.12. The quantitative estimate of drug-likeness (QED) is 0.488. The molecule has 0 unspecified atom stereocenters. The molecule has 0 bridgehead atoms. The van der Waals surface area contributed by atoms with Gasteiger partial charge in [0.2, 0.25) is 0 Å². The average Bonchev–Trinajstić information content (AvgIpc) is 2.57. The summed E-state index contributed by atoms with van der Waals surface area (Å²) in [5.41, 5.74) is -0.408. The Morgan fingerprint density at radius 2 is 2.08 bits per heavy atom. The molecule has 1 saturated carbocycles. The summed E-state index contributed by atoms with van der Waals surface area (Å²) < 4.78 is 4.95. The van der Waals surface area contributed by atoms with Crippen LogP contribution in [0.15, 0.2) is 18.2 Å². The Bertz CT molecular complexity index is 679. The number of hydrogen-bond donors (Lipinski definition) is 1. The van der Waals surface area contributed by atoms with E-state index in [9.17, 15) is 19.7 Å². The topological polar surface area (TPSA) is 98.5 Å². The van der Waals surface area contributed by atoms with Gasteiger partial charge in [0.05, 0.1) is 10.5 Å². The van der Waals surface area contributed by atoms with Gasteiger partial charge in [0.15, 0.2) is 6.61 Å². The van der Waals surface area contributed by atoms with E-state index < -0.39 is 17.5 Å². The minimum Gasteiger partial charge on any atom is -0.452 e. The Hall–Kier alpha value is -2.15. The Labute approximate surface area is 150 Å². The van der Waals surface area contributed by atoms with E-state index in [4.69, 9.17) is 16.3 Å². The molecule has 1 aliphatic rings. The zero-order chi connectivity index (χ0) is 18.6. The molecule has 3 atom stereocenters. The third-order valence-electron chi connectivity index (χ3n) is 4.77. The first-order chi connectivity index (χ1) is 11.8. The normalized spacial score (nSPS) is 22.9. The summed E-state index contributed by atoms with van der Waals surface area (Å²) in [7, 11) is 0. The third-order valence-corrected chi connectivity index (χ3v) is 5.09. The molecule has 2 rings (SSSR count). The third kappa shape index (κ3) is 4.92. The summed E-state index contributed by atoms with van der Waals surface area (Å²) in [5, 5.41) is 13.7. The first-order valence-corrected chi connectivity index (χ1v) is 8.57. The van der Waals surface area contributed by atoms with E-state index >= 15 is 0 Å². The number of hydrogen-bond acceptors (Lipinski definition) is 5.